The minimum atomic E-state index is -1.17. The molecule has 1 aromatic carbocycles. The SMILES string of the molecule is Cc1ccc2cc1OCCCn1cc(nn1)CCN(C(=O)c1cc3c(s1)CCCCC3)CCNC(=O)[C@H]([C@@H](C)O)NC2=O. The van der Waals surface area contributed by atoms with Crippen LogP contribution in [-0.4, -0.2) is 81.1 Å². The fourth-order valence-corrected chi connectivity index (χ4v) is 6.64. The maximum absolute atomic E-state index is 13.7. The zero-order chi connectivity index (χ0) is 30.3. The van der Waals surface area contributed by atoms with Crippen molar-refractivity contribution in [1.29, 1.82) is 0 Å². The van der Waals surface area contributed by atoms with Gasteiger partial charge in [-0.1, -0.05) is 17.7 Å². The second kappa shape index (κ2) is 14.1. The number of aryl methyl sites for hydroxylation is 4. The highest BCUT2D eigenvalue weighted by Gasteiger charge is 2.27. The van der Waals surface area contributed by atoms with E-state index in [-0.39, 0.29) is 19.0 Å². The van der Waals surface area contributed by atoms with E-state index < -0.39 is 24.0 Å². The highest BCUT2D eigenvalue weighted by atomic mass is 32.1. The maximum Gasteiger partial charge on any atom is 0.264 e. The smallest absolute Gasteiger partial charge is 0.264 e. The second-order valence-corrected chi connectivity index (χ2v) is 12.4. The van der Waals surface area contributed by atoms with E-state index >= 15 is 0 Å². The summed E-state index contributed by atoms with van der Waals surface area (Å²) in [5, 5.41) is 24.4. The largest absolute Gasteiger partial charge is 0.493 e. The molecule has 3 amide bonds. The fourth-order valence-electron chi connectivity index (χ4n) is 5.41. The molecule has 0 unspecified atom stereocenters. The van der Waals surface area contributed by atoms with Gasteiger partial charge in [0.2, 0.25) is 5.91 Å². The van der Waals surface area contributed by atoms with Crippen molar-refractivity contribution >= 4 is 29.1 Å². The van der Waals surface area contributed by atoms with Crippen LogP contribution in [-0.2, 0) is 30.6 Å². The molecule has 230 valence electrons. The van der Waals surface area contributed by atoms with Crippen molar-refractivity contribution in [3.63, 3.8) is 0 Å². The number of aliphatic hydroxyl groups is 1. The number of carbonyl (C=O) groups excluding carboxylic acids is 3. The quantitative estimate of drug-likeness (QED) is 0.380. The number of carbonyl (C=O) groups is 3. The number of rotatable bonds is 2. The molecular weight excluding hydrogens is 568 g/mol. The van der Waals surface area contributed by atoms with Crippen LogP contribution >= 0.6 is 11.3 Å². The number of nitrogens with one attached hydrogen (secondary N) is 2. The molecule has 5 rings (SSSR count). The van der Waals surface area contributed by atoms with Crippen LogP contribution in [0.3, 0.4) is 0 Å². The Hall–Kier alpha value is -3.77. The summed E-state index contributed by atoms with van der Waals surface area (Å²) < 4.78 is 7.73. The van der Waals surface area contributed by atoms with Gasteiger partial charge in [-0.25, -0.2) is 0 Å². The van der Waals surface area contributed by atoms with Crippen molar-refractivity contribution in [2.24, 2.45) is 0 Å². The number of amides is 3. The lowest BCUT2D eigenvalue weighted by Gasteiger charge is -2.24. The van der Waals surface area contributed by atoms with Gasteiger partial charge in [-0.2, -0.15) is 0 Å². The van der Waals surface area contributed by atoms with Crippen molar-refractivity contribution in [2.75, 3.05) is 26.2 Å². The standard InChI is InChI=1S/C31H40N6O5S/c1-20-9-10-23-17-25(20)42-16-6-13-37-19-24(34-35-37)11-14-36(15-12-32-30(40)28(21(2)38)33-29(23)39)31(41)27-18-22-7-4-3-5-8-26(22)43-27/h9-10,17-19,21,28,38H,3-8,11-16H2,1-2H3,(H,32,40)(H,33,39)/t21-,28+/m1/s1. The molecule has 12 heteroatoms. The summed E-state index contributed by atoms with van der Waals surface area (Å²) in [7, 11) is 0. The topological polar surface area (TPSA) is 139 Å². The third-order valence-corrected chi connectivity index (χ3v) is 9.17. The molecule has 11 nitrogen and oxygen atoms in total. The Morgan fingerprint density at radius 2 is 1.93 bits per heavy atom. The predicted octanol–water partition coefficient (Wildman–Crippen LogP) is 2.68. The van der Waals surface area contributed by atoms with Crippen LogP contribution < -0.4 is 15.4 Å². The van der Waals surface area contributed by atoms with Gasteiger partial charge in [-0.15, -0.1) is 16.4 Å². The van der Waals surface area contributed by atoms with Gasteiger partial charge in [0, 0.05) is 55.7 Å². The van der Waals surface area contributed by atoms with Gasteiger partial charge in [0.15, 0.2) is 0 Å². The Morgan fingerprint density at radius 3 is 2.77 bits per heavy atom. The number of aromatic nitrogens is 3. The molecule has 2 aromatic heterocycles. The summed E-state index contributed by atoms with van der Waals surface area (Å²) in [6.45, 7) is 5.20. The number of nitrogens with zero attached hydrogens (tertiary/aromatic N) is 4. The Kier molecular flexibility index (Phi) is 10.1. The van der Waals surface area contributed by atoms with Gasteiger partial charge in [0.05, 0.1) is 23.3 Å². The maximum atomic E-state index is 13.7. The minimum Gasteiger partial charge on any atom is -0.493 e. The number of ether oxygens (including phenoxy) is 1. The molecule has 3 N–H and O–H groups in total. The van der Waals surface area contributed by atoms with Crippen molar-refractivity contribution in [3.05, 3.63) is 62.6 Å². The minimum absolute atomic E-state index is 0.0745. The summed E-state index contributed by atoms with van der Waals surface area (Å²) in [6.07, 6.45) is 7.45. The van der Waals surface area contributed by atoms with Gasteiger partial charge < -0.3 is 25.4 Å². The van der Waals surface area contributed by atoms with Crippen LogP contribution in [0.2, 0.25) is 0 Å². The van der Waals surface area contributed by atoms with Crippen LogP contribution in [0.1, 0.15) is 74.3 Å². The van der Waals surface area contributed by atoms with Crippen LogP contribution in [0, 0.1) is 6.92 Å². The number of hydrogen-bond donors (Lipinski definition) is 3. The number of fused-ring (bicyclic) bond motifs is 5. The van der Waals surface area contributed by atoms with Gasteiger partial charge >= 0.3 is 0 Å². The first kappa shape index (κ1) is 30.7. The van der Waals surface area contributed by atoms with E-state index in [4.69, 9.17) is 4.74 Å². The molecule has 0 spiro atoms. The zero-order valence-electron chi connectivity index (χ0n) is 24.8. The molecule has 0 saturated heterocycles. The van der Waals surface area contributed by atoms with Crippen LogP contribution in [0.15, 0.2) is 30.5 Å². The first-order chi connectivity index (χ1) is 20.8. The van der Waals surface area contributed by atoms with Crippen LogP contribution in [0.25, 0.3) is 0 Å². The Bertz CT molecular complexity index is 1430. The van der Waals surface area contributed by atoms with E-state index in [2.05, 4.69) is 20.9 Å². The molecular formula is C31H40N6O5S. The molecule has 1 aliphatic carbocycles. The first-order valence-corrected chi connectivity index (χ1v) is 15.9. The molecule has 3 heterocycles. The number of aliphatic hydroxyl groups excluding tert-OH is 1. The van der Waals surface area contributed by atoms with Crippen LogP contribution in [0.4, 0.5) is 0 Å². The van der Waals surface area contributed by atoms with E-state index in [1.807, 2.05) is 19.2 Å². The lowest BCUT2D eigenvalue weighted by atomic mass is 10.1. The lowest BCUT2D eigenvalue weighted by Crippen LogP contribution is -2.53. The highest BCUT2D eigenvalue weighted by Crippen LogP contribution is 2.30. The average Bonchev–Trinajstić information content (AvgIpc) is 3.56. The zero-order valence-corrected chi connectivity index (χ0v) is 25.6. The molecule has 0 radical (unpaired) electrons. The molecule has 4 bridgehead atoms. The third kappa shape index (κ3) is 7.80. The molecule has 3 aromatic rings. The number of hydrogen-bond acceptors (Lipinski definition) is 8. The third-order valence-electron chi connectivity index (χ3n) is 7.94. The molecule has 0 fully saturated rings. The number of thiophene rings is 1. The molecule has 1 aliphatic heterocycles. The van der Waals surface area contributed by atoms with Gasteiger partial charge in [-0.05, 0) is 68.9 Å². The Morgan fingerprint density at radius 1 is 1.09 bits per heavy atom. The Balaban J connectivity index is 1.35. The molecule has 43 heavy (non-hydrogen) atoms. The summed E-state index contributed by atoms with van der Waals surface area (Å²) in [6, 6.07) is 5.95. The van der Waals surface area contributed by atoms with Crippen molar-refractivity contribution in [3.8, 4) is 5.75 Å². The normalized spacial score (nSPS) is 19.7. The summed E-state index contributed by atoms with van der Waals surface area (Å²) in [4.78, 5) is 43.7. The molecule has 2 atom stereocenters. The van der Waals surface area contributed by atoms with E-state index in [0.29, 0.717) is 48.7 Å². The summed E-state index contributed by atoms with van der Waals surface area (Å²) >= 11 is 1.58. The van der Waals surface area contributed by atoms with Crippen molar-refractivity contribution < 1.29 is 24.2 Å². The van der Waals surface area contributed by atoms with E-state index in [0.717, 1.165) is 36.9 Å². The first-order valence-electron chi connectivity index (χ1n) is 15.1. The summed E-state index contributed by atoms with van der Waals surface area (Å²) in [5.41, 5.74) is 3.25. The average molecular weight is 609 g/mol. The van der Waals surface area contributed by atoms with E-state index in [1.165, 1.54) is 23.8 Å². The molecule has 0 saturated carbocycles. The lowest BCUT2D eigenvalue weighted by molar-refractivity contribution is -0.125. The molecule has 2 aliphatic rings. The summed E-state index contributed by atoms with van der Waals surface area (Å²) in [5.74, 6) is -0.523. The van der Waals surface area contributed by atoms with Gasteiger partial charge in [0.1, 0.15) is 11.8 Å². The van der Waals surface area contributed by atoms with Crippen molar-refractivity contribution in [2.45, 2.75) is 77.5 Å². The Labute approximate surface area is 255 Å². The van der Waals surface area contributed by atoms with E-state index in [9.17, 15) is 19.5 Å². The highest BCUT2D eigenvalue weighted by molar-refractivity contribution is 7.14. The predicted molar refractivity (Wildman–Crippen MR) is 162 cm³/mol. The van der Waals surface area contributed by atoms with Gasteiger partial charge in [0.25, 0.3) is 11.8 Å². The van der Waals surface area contributed by atoms with Crippen molar-refractivity contribution in [1.82, 2.24) is 30.5 Å². The van der Waals surface area contributed by atoms with Crippen LogP contribution in [0.5, 0.6) is 5.75 Å². The van der Waals surface area contributed by atoms with Gasteiger partial charge in [-0.3, -0.25) is 19.1 Å². The number of benzene rings is 1. The second-order valence-electron chi connectivity index (χ2n) is 11.3. The monoisotopic (exact) mass is 608 g/mol. The van der Waals surface area contributed by atoms with E-state index in [1.54, 1.807) is 39.1 Å². The fraction of sp³-hybridized carbons (Fsp3) is 0.516.